The molecular formula is C15H20N2O2S2. The molecule has 114 valence electrons. The zero-order valence-corrected chi connectivity index (χ0v) is 13.6. The quantitative estimate of drug-likeness (QED) is 0.888. The highest BCUT2D eigenvalue weighted by molar-refractivity contribution is 8.06. The molecule has 1 aliphatic heterocycles. The Hall–Kier alpha value is -0.880. The fourth-order valence-corrected chi connectivity index (χ4v) is 5.41. The maximum atomic E-state index is 11.5. The first kappa shape index (κ1) is 15.0. The predicted octanol–water partition coefficient (Wildman–Crippen LogP) is 2.92. The van der Waals surface area contributed by atoms with Crippen LogP contribution in [0, 0.1) is 0 Å². The Balaban J connectivity index is 1.77. The molecule has 0 radical (unpaired) electrons. The highest BCUT2D eigenvalue weighted by atomic mass is 32.2. The fourth-order valence-electron chi connectivity index (χ4n) is 2.80. The lowest BCUT2D eigenvalue weighted by atomic mass is 9.94. The third-order valence-electron chi connectivity index (χ3n) is 3.91. The van der Waals surface area contributed by atoms with Gasteiger partial charge in [-0.15, -0.1) is 0 Å². The average molecular weight is 324 g/mol. The normalized spacial score (nSPS) is 21.6. The van der Waals surface area contributed by atoms with Crippen molar-refractivity contribution in [2.45, 2.75) is 30.9 Å². The number of nitrogens with zero attached hydrogens (tertiary/aromatic N) is 1. The predicted molar refractivity (Wildman–Crippen MR) is 89.9 cm³/mol. The molecule has 6 heteroatoms. The number of thioether (sulfide) groups is 2. The van der Waals surface area contributed by atoms with Crippen LogP contribution in [0.25, 0.3) is 0 Å². The summed E-state index contributed by atoms with van der Waals surface area (Å²) in [5.41, 5.74) is 2.52. The zero-order chi connectivity index (χ0) is 14.7. The SMILES string of the molecule is O=C(O)c1cc2c(nc1NCC1CSCCS1)CCCC2. The number of aromatic nitrogens is 1. The average Bonchev–Trinajstić information content (AvgIpc) is 2.53. The van der Waals surface area contributed by atoms with Crippen molar-refractivity contribution in [3.63, 3.8) is 0 Å². The van der Waals surface area contributed by atoms with Crippen LogP contribution in [0.1, 0.15) is 34.5 Å². The summed E-state index contributed by atoms with van der Waals surface area (Å²) < 4.78 is 0. The number of pyridine rings is 1. The van der Waals surface area contributed by atoms with Crippen LogP contribution in [0.3, 0.4) is 0 Å². The molecule has 0 bridgehead atoms. The van der Waals surface area contributed by atoms with E-state index in [-0.39, 0.29) is 0 Å². The minimum atomic E-state index is -0.885. The Kier molecular flexibility index (Phi) is 4.95. The van der Waals surface area contributed by atoms with E-state index in [4.69, 9.17) is 0 Å². The molecule has 2 N–H and O–H groups in total. The molecule has 1 atom stereocenters. The molecule has 1 saturated heterocycles. The lowest BCUT2D eigenvalue weighted by Gasteiger charge is -2.23. The standard InChI is InChI=1S/C15H20N2O2S2/c18-15(19)12-7-10-3-1-2-4-13(10)17-14(12)16-8-11-9-20-5-6-21-11/h7,11H,1-6,8-9H2,(H,16,17)(H,18,19). The summed E-state index contributed by atoms with van der Waals surface area (Å²) in [4.78, 5) is 16.1. The Morgan fingerprint density at radius 1 is 1.38 bits per heavy atom. The van der Waals surface area contributed by atoms with Gasteiger partial charge in [-0.2, -0.15) is 23.5 Å². The number of hydrogen-bond donors (Lipinski definition) is 2. The molecular weight excluding hydrogens is 304 g/mol. The summed E-state index contributed by atoms with van der Waals surface area (Å²) in [5.74, 6) is 3.20. The molecule has 0 spiro atoms. The van der Waals surface area contributed by atoms with Gasteiger partial charge < -0.3 is 10.4 Å². The van der Waals surface area contributed by atoms with Crippen molar-refractivity contribution >= 4 is 35.3 Å². The van der Waals surface area contributed by atoms with Gasteiger partial charge in [0.15, 0.2) is 0 Å². The maximum absolute atomic E-state index is 11.5. The Morgan fingerprint density at radius 3 is 3.00 bits per heavy atom. The Morgan fingerprint density at radius 2 is 2.24 bits per heavy atom. The third kappa shape index (κ3) is 3.66. The van der Waals surface area contributed by atoms with Crippen molar-refractivity contribution in [2.75, 3.05) is 29.1 Å². The highest BCUT2D eigenvalue weighted by Gasteiger charge is 2.20. The van der Waals surface area contributed by atoms with Crippen molar-refractivity contribution in [3.8, 4) is 0 Å². The summed E-state index contributed by atoms with van der Waals surface area (Å²) in [6, 6.07) is 1.83. The van der Waals surface area contributed by atoms with E-state index in [1.54, 1.807) is 0 Å². The number of carboxylic acid groups (broad SMARTS) is 1. The largest absolute Gasteiger partial charge is 0.478 e. The second-order valence-electron chi connectivity index (χ2n) is 5.45. The van der Waals surface area contributed by atoms with Crippen LogP contribution in [0.2, 0.25) is 0 Å². The van der Waals surface area contributed by atoms with Crippen LogP contribution in [0.15, 0.2) is 6.07 Å². The molecule has 0 amide bonds. The topological polar surface area (TPSA) is 62.2 Å². The summed E-state index contributed by atoms with van der Waals surface area (Å²) in [6.07, 6.45) is 4.22. The molecule has 1 aromatic rings. The van der Waals surface area contributed by atoms with Crippen LogP contribution < -0.4 is 5.32 Å². The molecule has 21 heavy (non-hydrogen) atoms. The molecule has 0 saturated carbocycles. The lowest BCUT2D eigenvalue weighted by Crippen LogP contribution is -2.25. The second kappa shape index (κ2) is 6.92. The van der Waals surface area contributed by atoms with Crippen molar-refractivity contribution in [1.82, 2.24) is 4.98 Å². The molecule has 3 rings (SSSR count). The Labute approximate surface area is 133 Å². The molecule has 0 aromatic carbocycles. The van der Waals surface area contributed by atoms with E-state index in [0.717, 1.165) is 49.2 Å². The van der Waals surface area contributed by atoms with Crippen molar-refractivity contribution in [3.05, 3.63) is 22.9 Å². The minimum Gasteiger partial charge on any atom is -0.478 e. The summed E-state index contributed by atoms with van der Waals surface area (Å²) in [6.45, 7) is 0.795. The lowest BCUT2D eigenvalue weighted by molar-refractivity contribution is 0.0697. The number of fused-ring (bicyclic) bond motifs is 1. The molecule has 2 heterocycles. The van der Waals surface area contributed by atoms with Gasteiger partial charge in [0.05, 0.1) is 0 Å². The smallest absolute Gasteiger partial charge is 0.339 e. The van der Waals surface area contributed by atoms with E-state index in [2.05, 4.69) is 10.3 Å². The number of rotatable bonds is 4. The minimum absolute atomic E-state index is 0.323. The first-order valence-electron chi connectivity index (χ1n) is 7.43. The van der Waals surface area contributed by atoms with Crippen LogP contribution in [0.4, 0.5) is 5.82 Å². The number of carboxylic acids is 1. The summed E-state index contributed by atoms with van der Waals surface area (Å²) >= 11 is 3.94. The maximum Gasteiger partial charge on any atom is 0.339 e. The molecule has 1 fully saturated rings. The number of carbonyl (C=O) groups is 1. The zero-order valence-electron chi connectivity index (χ0n) is 11.9. The number of nitrogens with one attached hydrogen (secondary N) is 1. The van der Waals surface area contributed by atoms with E-state index in [0.29, 0.717) is 16.6 Å². The van der Waals surface area contributed by atoms with Gasteiger partial charge >= 0.3 is 5.97 Å². The van der Waals surface area contributed by atoms with Crippen LogP contribution in [0.5, 0.6) is 0 Å². The van der Waals surface area contributed by atoms with Crippen molar-refractivity contribution in [1.29, 1.82) is 0 Å². The molecule has 1 aromatic heterocycles. The van der Waals surface area contributed by atoms with Crippen molar-refractivity contribution < 1.29 is 9.90 Å². The van der Waals surface area contributed by atoms with Gasteiger partial charge in [-0.25, -0.2) is 9.78 Å². The van der Waals surface area contributed by atoms with Crippen LogP contribution in [-0.2, 0) is 12.8 Å². The van der Waals surface area contributed by atoms with Gasteiger partial charge in [-0.05, 0) is 37.3 Å². The molecule has 4 nitrogen and oxygen atoms in total. The van der Waals surface area contributed by atoms with Gasteiger partial charge in [0.25, 0.3) is 0 Å². The third-order valence-corrected chi connectivity index (χ3v) is 6.76. The van der Waals surface area contributed by atoms with Crippen LogP contribution >= 0.6 is 23.5 Å². The van der Waals surface area contributed by atoms with E-state index in [1.807, 2.05) is 29.6 Å². The van der Waals surface area contributed by atoms with E-state index in [1.165, 1.54) is 11.5 Å². The number of aromatic carboxylic acids is 1. The summed E-state index contributed by atoms with van der Waals surface area (Å²) in [7, 11) is 0. The fraction of sp³-hybridized carbons (Fsp3) is 0.600. The highest BCUT2D eigenvalue weighted by Crippen LogP contribution is 2.27. The van der Waals surface area contributed by atoms with Crippen LogP contribution in [-0.4, -0.2) is 45.1 Å². The van der Waals surface area contributed by atoms with Gasteiger partial charge in [0.1, 0.15) is 11.4 Å². The first-order chi connectivity index (χ1) is 10.2. The molecule has 1 unspecified atom stereocenters. The van der Waals surface area contributed by atoms with E-state index >= 15 is 0 Å². The first-order valence-corrected chi connectivity index (χ1v) is 9.63. The number of aryl methyl sites for hydroxylation is 2. The monoisotopic (exact) mass is 324 g/mol. The van der Waals surface area contributed by atoms with Gasteiger partial charge in [-0.3, -0.25) is 0 Å². The van der Waals surface area contributed by atoms with E-state index < -0.39 is 5.97 Å². The van der Waals surface area contributed by atoms with Gasteiger partial charge in [0, 0.05) is 34.7 Å². The van der Waals surface area contributed by atoms with Crippen molar-refractivity contribution in [2.24, 2.45) is 0 Å². The molecule has 1 aliphatic carbocycles. The molecule has 2 aliphatic rings. The summed E-state index contributed by atoms with van der Waals surface area (Å²) in [5, 5.41) is 13.2. The second-order valence-corrected chi connectivity index (χ2v) is 8.01. The van der Waals surface area contributed by atoms with E-state index in [9.17, 15) is 9.90 Å². The van der Waals surface area contributed by atoms with Gasteiger partial charge in [-0.1, -0.05) is 0 Å². The van der Waals surface area contributed by atoms with Gasteiger partial charge in [0.2, 0.25) is 0 Å². The Bertz CT molecular complexity index is 531. The number of anilines is 1. The number of hydrogen-bond acceptors (Lipinski definition) is 5.